The molecule has 0 atom stereocenters. The van der Waals surface area contributed by atoms with Crippen LogP contribution in [0, 0.1) is 6.42 Å². The fourth-order valence-corrected chi connectivity index (χ4v) is 1.25. The highest BCUT2D eigenvalue weighted by Crippen LogP contribution is 2.22. The molecule has 0 bridgehead atoms. The van der Waals surface area contributed by atoms with Crippen molar-refractivity contribution in [1.82, 2.24) is 0 Å². The van der Waals surface area contributed by atoms with Gasteiger partial charge in [0.2, 0.25) is 0 Å². The second-order valence-corrected chi connectivity index (χ2v) is 3.56. The minimum absolute atomic E-state index is 0.811. The zero-order valence-corrected chi connectivity index (χ0v) is 9.58. The van der Waals surface area contributed by atoms with Gasteiger partial charge in [0, 0.05) is 13.0 Å². The molecule has 1 aromatic rings. The van der Waals surface area contributed by atoms with E-state index in [0.29, 0.717) is 0 Å². The molecule has 1 aromatic carbocycles. The monoisotopic (exact) mass is 204 g/mol. The summed E-state index contributed by atoms with van der Waals surface area (Å²) in [7, 11) is 1.68. The van der Waals surface area contributed by atoms with Crippen LogP contribution >= 0.6 is 0 Å². The van der Waals surface area contributed by atoms with Crippen molar-refractivity contribution >= 4 is 5.69 Å². The molecule has 0 heterocycles. The van der Waals surface area contributed by atoms with Crippen LogP contribution < -0.4 is 10.1 Å². The van der Waals surface area contributed by atoms with Gasteiger partial charge < -0.3 is 10.1 Å². The number of allylic oxidation sites excluding steroid dienone is 1. The molecule has 1 N–H and O–H groups in total. The van der Waals surface area contributed by atoms with Gasteiger partial charge in [0.1, 0.15) is 5.75 Å². The lowest BCUT2D eigenvalue weighted by atomic mass is 10.2. The summed E-state index contributed by atoms with van der Waals surface area (Å²) in [5.74, 6) is 0.878. The number of hydrogen-bond donors (Lipinski definition) is 1. The molecule has 0 aromatic heterocycles. The van der Waals surface area contributed by atoms with E-state index in [1.54, 1.807) is 7.11 Å². The van der Waals surface area contributed by atoms with Gasteiger partial charge in [0.25, 0.3) is 0 Å². The third-order valence-corrected chi connectivity index (χ3v) is 1.97. The fourth-order valence-electron chi connectivity index (χ4n) is 1.25. The molecule has 2 heteroatoms. The normalized spacial score (nSPS) is 9.53. The predicted octanol–water partition coefficient (Wildman–Crippen LogP) is 3.28. The summed E-state index contributed by atoms with van der Waals surface area (Å²) < 4.78 is 5.23. The Hall–Kier alpha value is -1.44. The number of nitrogens with one attached hydrogen (secondary N) is 1. The standard InChI is InChI=1S/C13H18NO/c1-11(2)7-6-10-14-12-8-4-5-9-13(12)15-3/h4-9,14H,10H2,1-3H3. The van der Waals surface area contributed by atoms with E-state index in [2.05, 4.69) is 31.7 Å². The van der Waals surface area contributed by atoms with Gasteiger partial charge in [-0.2, -0.15) is 0 Å². The predicted molar refractivity (Wildman–Crippen MR) is 65.2 cm³/mol. The Morgan fingerprint density at radius 1 is 1.33 bits per heavy atom. The Morgan fingerprint density at radius 3 is 2.73 bits per heavy atom. The summed E-state index contributed by atoms with van der Waals surface area (Å²) in [6.07, 6.45) is 4.20. The molecule has 81 valence electrons. The van der Waals surface area contributed by atoms with E-state index in [9.17, 15) is 0 Å². The van der Waals surface area contributed by atoms with Gasteiger partial charge in [-0.1, -0.05) is 23.8 Å². The number of anilines is 1. The van der Waals surface area contributed by atoms with E-state index in [1.807, 2.05) is 24.3 Å². The van der Waals surface area contributed by atoms with Crippen molar-refractivity contribution in [3.05, 3.63) is 42.3 Å². The molecule has 0 saturated carbocycles. The van der Waals surface area contributed by atoms with Crippen LogP contribution in [0.15, 0.2) is 35.9 Å². The fraction of sp³-hybridized carbons (Fsp3) is 0.308. The third kappa shape index (κ3) is 4.07. The second-order valence-electron chi connectivity index (χ2n) is 3.56. The van der Waals surface area contributed by atoms with E-state index >= 15 is 0 Å². The number of para-hydroxylation sites is 2. The lowest BCUT2D eigenvalue weighted by Crippen LogP contribution is -2.02. The summed E-state index contributed by atoms with van der Waals surface area (Å²) >= 11 is 0. The van der Waals surface area contributed by atoms with E-state index in [1.165, 1.54) is 5.57 Å². The molecule has 0 aliphatic rings. The van der Waals surface area contributed by atoms with Gasteiger partial charge in [-0.25, -0.2) is 0 Å². The zero-order chi connectivity index (χ0) is 11.1. The van der Waals surface area contributed by atoms with Crippen LogP contribution in [0.4, 0.5) is 5.69 Å². The van der Waals surface area contributed by atoms with Crippen molar-refractivity contribution in [2.24, 2.45) is 0 Å². The topological polar surface area (TPSA) is 21.3 Å². The minimum atomic E-state index is 0.811. The van der Waals surface area contributed by atoms with Gasteiger partial charge in [-0.3, -0.25) is 0 Å². The molecule has 1 rings (SSSR count). The molecule has 0 unspecified atom stereocenters. The third-order valence-electron chi connectivity index (χ3n) is 1.97. The molecular formula is C13H18NO. The molecule has 0 aliphatic carbocycles. The van der Waals surface area contributed by atoms with Crippen LogP contribution in [0.3, 0.4) is 0 Å². The first-order chi connectivity index (χ1) is 7.24. The maximum atomic E-state index is 5.23. The largest absolute Gasteiger partial charge is 0.495 e. The van der Waals surface area contributed by atoms with Gasteiger partial charge >= 0.3 is 0 Å². The highest BCUT2D eigenvalue weighted by Gasteiger charge is 1.98. The van der Waals surface area contributed by atoms with Crippen molar-refractivity contribution in [3.8, 4) is 5.75 Å². The first-order valence-corrected chi connectivity index (χ1v) is 5.07. The Balaban J connectivity index is 2.46. The summed E-state index contributed by atoms with van der Waals surface area (Å²) in [5.41, 5.74) is 2.33. The lowest BCUT2D eigenvalue weighted by Gasteiger charge is -2.09. The number of methoxy groups -OCH3 is 1. The number of ether oxygens (including phenoxy) is 1. The SMILES string of the molecule is COc1ccccc1NC[CH]C=C(C)C. The van der Waals surface area contributed by atoms with Crippen molar-refractivity contribution in [2.75, 3.05) is 19.0 Å². The van der Waals surface area contributed by atoms with Crippen LogP contribution in [0.2, 0.25) is 0 Å². The molecule has 0 aliphatic heterocycles. The summed E-state index contributed by atoms with van der Waals surface area (Å²) in [6, 6.07) is 7.91. The van der Waals surface area contributed by atoms with E-state index < -0.39 is 0 Å². The quantitative estimate of drug-likeness (QED) is 0.743. The Morgan fingerprint density at radius 2 is 2.07 bits per heavy atom. The Labute approximate surface area is 92.0 Å². The number of hydrogen-bond acceptors (Lipinski definition) is 2. The lowest BCUT2D eigenvalue weighted by molar-refractivity contribution is 0.416. The summed E-state index contributed by atoms with van der Waals surface area (Å²) in [6.45, 7) is 4.98. The van der Waals surface area contributed by atoms with Gasteiger partial charge in [-0.15, -0.1) is 0 Å². The highest BCUT2D eigenvalue weighted by molar-refractivity contribution is 5.56. The van der Waals surface area contributed by atoms with E-state index in [-0.39, 0.29) is 0 Å². The van der Waals surface area contributed by atoms with Crippen LogP contribution in [0.1, 0.15) is 13.8 Å². The Kier molecular flexibility index (Phi) is 4.75. The molecule has 0 fully saturated rings. The molecular weight excluding hydrogens is 186 g/mol. The van der Waals surface area contributed by atoms with Crippen LogP contribution in [-0.4, -0.2) is 13.7 Å². The van der Waals surface area contributed by atoms with Gasteiger partial charge in [-0.05, 0) is 26.0 Å². The molecule has 15 heavy (non-hydrogen) atoms. The Bertz CT molecular complexity index is 327. The zero-order valence-electron chi connectivity index (χ0n) is 9.58. The molecule has 0 spiro atoms. The molecule has 0 saturated heterocycles. The summed E-state index contributed by atoms with van der Waals surface area (Å²) in [5, 5.41) is 3.29. The second kappa shape index (κ2) is 6.12. The van der Waals surface area contributed by atoms with Crippen LogP contribution in [0.25, 0.3) is 0 Å². The maximum Gasteiger partial charge on any atom is 0.141 e. The average Bonchev–Trinajstić information content (AvgIpc) is 2.24. The van der Waals surface area contributed by atoms with Crippen molar-refractivity contribution in [2.45, 2.75) is 13.8 Å². The number of rotatable bonds is 5. The van der Waals surface area contributed by atoms with Crippen molar-refractivity contribution < 1.29 is 4.74 Å². The van der Waals surface area contributed by atoms with Crippen LogP contribution in [0.5, 0.6) is 5.75 Å². The maximum absolute atomic E-state index is 5.23. The van der Waals surface area contributed by atoms with Crippen molar-refractivity contribution in [1.29, 1.82) is 0 Å². The first kappa shape index (κ1) is 11.6. The smallest absolute Gasteiger partial charge is 0.141 e. The van der Waals surface area contributed by atoms with Gasteiger partial charge in [0.05, 0.1) is 12.8 Å². The first-order valence-electron chi connectivity index (χ1n) is 5.07. The molecule has 0 amide bonds. The van der Waals surface area contributed by atoms with E-state index in [0.717, 1.165) is 18.0 Å². The molecule has 1 radical (unpaired) electrons. The summed E-state index contributed by atoms with van der Waals surface area (Å²) in [4.78, 5) is 0. The number of benzene rings is 1. The van der Waals surface area contributed by atoms with Crippen molar-refractivity contribution in [3.63, 3.8) is 0 Å². The van der Waals surface area contributed by atoms with Crippen LogP contribution in [-0.2, 0) is 0 Å². The minimum Gasteiger partial charge on any atom is -0.495 e. The average molecular weight is 204 g/mol. The molecule has 2 nitrogen and oxygen atoms in total. The highest BCUT2D eigenvalue weighted by atomic mass is 16.5. The van der Waals surface area contributed by atoms with E-state index in [4.69, 9.17) is 4.74 Å². The van der Waals surface area contributed by atoms with Gasteiger partial charge in [0.15, 0.2) is 0 Å².